The van der Waals surface area contributed by atoms with Gasteiger partial charge in [-0.15, -0.1) is 0 Å². The predicted octanol–water partition coefficient (Wildman–Crippen LogP) is 2.22. The van der Waals surface area contributed by atoms with Gasteiger partial charge in [-0.05, 0) is 29.8 Å². The summed E-state index contributed by atoms with van der Waals surface area (Å²) in [5, 5.41) is 6.89. The number of pyridine rings is 1. The highest BCUT2D eigenvalue weighted by atomic mass is 14.7. The van der Waals surface area contributed by atoms with Gasteiger partial charge in [0.05, 0.1) is 5.70 Å². The third-order valence-corrected chi connectivity index (χ3v) is 1.53. The first-order valence-electron chi connectivity index (χ1n) is 4.14. The number of aromatic nitrogens is 1. The molecule has 1 aromatic rings. The molecule has 0 bridgehead atoms. The minimum atomic E-state index is 0.664. The molecule has 0 spiro atoms. The Kier molecular flexibility index (Phi) is 4.01. The van der Waals surface area contributed by atoms with Crippen molar-refractivity contribution in [2.45, 2.75) is 0 Å². The summed E-state index contributed by atoms with van der Waals surface area (Å²) in [6.45, 7) is 3.59. The van der Waals surface area contributed by atoms with E-state index >= 15 is 0 Å². The Balaban J connectivity index is 2.77. The molecule has 0 aliphatic heterocycles. The van der Waals surface area contributed by atoms with Gasteiger partial charge >= 0.3 is 0 Å². The molecule has 1 aromatic heterocycles. The third kappa shape index (κ3) is 3.15. The molecule has 0 fully saturated rings. The van der Waals surface area contributed by atoms with Crippen molar-refractivity contribution >= 4 is 12.4 Å². The standard InChI is InChI=1S/C11H11N3/c1-2-11(3-6-12)14-9-10-4-7-13-8-5-10/h2-9,12H,1H2/b11-3+,12-6?,14-9?. The first-order valence-corrected chi connectivity index (χ1v) is 4.14. The highest BCUT2D eigenvalue weighted by molar-refractivity contribution is 5.81. The van der Waals surface area contributed by atoms with Crippen LogP contribution in [0.25, 0.3) is 0 Å². The van der Waals surface area contributed by atoms with E-state index in [1.54, 1.807) is 30.8 Å². The molecule has 0 amide bonds. The zero-order chi connectivity index (χ0) is 10.2. The van der Waals surface area contributed by atoms with E-state index in [4.69, 9.17) is 5.41 Å². The molecule has 0 aliphatic rings. The quantitative estimate of drug-likeness (QED) is 0.567. The zero-order valence-corrected chi connectivity index (χ0v) is 7.72. The SMILES string of the molecule is C=C/C(=C\C=N)N=Cc1ccncc1. The number of allylic oxidation sites excluding steroid dienone is 2. The van der Waals surface area contributed by atoms with Crippen molar-refractivity contribution < 1.29 is 0 Å². The molecular weight excluding hydrogens is 174 g/mol. The number of nitrogens with one attached hydrogen (secondary N) is 1. The average Bonchev–Trinajstić information content (AvgIpc) is 2.25. The van der Waals surface area contributed by atoms with Crippen molar-refractivity contribution in [2.24, 2.45) is 4.99 Å². The molecule has 0 saturated carbocycles. The molecule has 0 unspecified atom stereocenters. The zero-order valence-electron chi connectivity index (χ0n) is 7.72. The van der Waals surface area contributed by atoms with Crippen LogP contribution in [0, 0.1) is 5.41 Å². The molecule has 1 heterocycles. The van der Waals surface area contributed by atoms with Crippen molar-refractivity contribution in [2.75, 3.05) is 0 Å². The molecule has 0 aromatic carbocycles. The first-order chi connectivity index (χ1) is 6.86. The van der Waals surface area contributed by atoms with E-state index in [1.165, 1.54) is 6.21 Å². The van der Waals surface area contributed by atoms with Crippen LogP contribution in [0.2, 0.25) is 0 Å². The third-order valence-electron chi connectivity index (χ3n) is 1.53. The summed E-state index contributed by atoms with van der Waals surface area (Å²) in [6, 6.07) is 3.71. The van der Waals surface area contributed by atoms with Gasteiger partial charge in [-0.25, -0.2) is 0 Å². The van der Waals surface area contributed by atoms with Crippen LogP contribution in [0.4, 0.5) is 0 Å². The molecule has 1 N–H and O–H groups in total. The molecule has 0 atom stereocenters. The summed E-state index contributed by atoms with van der Waals surface area (Å²) < 4.78 is 0. The summed E-state index contributed by atoms with van der Waals surface area (Å²) >= 11 is 0. The lowest BCUT2D eigenvalue weighted by Gasteiger charge is -1.91. The normalized spacial score (nSPS) is 11.6. The molecule has 0 radical (unpaired) electrons. The van der Waals surface area contributed by atoms with Gasteiger partial charge in [0, 0.05) is 24.8 Å². The number of rotatable bonds is 4. The Labute approximate surface area is 83.0 Å². The van der Waals surface area contributed by atoms with Crippen LogP contribution in [0.15, 0.2) is 53.9 Å². The Morgan fingerprint density at radius 2 is 2.14 bits per heavy atom. The van der Waals surface area contributed by atoms with Crippen LogP contribution in [-0.4, -0.2) is 17.4 Å². The summed E-state index contributed by atoms with van der Waals surface area (Å²) in [4.78, 5) is 8.04. The molecule has 3 heteroatoms. The fourth-order valence-corrected chi connectivity index (χ4v) is 0.848. The highest BCUT2D eigenvalue weighted by Crippen LogP contribution is 1.98. The number of hydrogen-bond donors (Lipinski definition) is 1. The van der Waals surface area contributed by atoms with Crippen LogP contribution in [0.5, 0.6) is 0 Å². The van der Waals surface area contributed by atoms with E-state index in [0.29, 0.717) is 5.70 Å². The largest absolute Gasteiger partial charge is 0.309 e. The second-order valence-electron chi connectivity index (χ2n) is 2.50. The Morgan fingerprint density at radius 3 is 2.71 bits per heavy atom. The maximum absolute atomic E-state index is 6.89. The van der Waals surface area contributed by atoms with E-state index in [9.17, 15) is 0 Å². The summed E-state index contributed by atoms with van der Waals surface area (Å²) in [5.74, 6) is 0. The molecule has 70 valence electrons. The van der Waals surface area contributed by atoms with Crippen LogP contribution in [0.1, 0.15) is 5.56 Å². The maximum Gasteiger partial charge on any atom is 0.0639 e. The van der Waals surface area contributed by atoms with Gasteiger partial charge in [0.1, 0.15) is 0 Å². The summed E-state index contributed by atoms with van der Waals surface area (Å²) in [7, 11) is 0. The number of hydrogen-bond acceptors (Lipinski definition) is 3. The molecule has 14 heavy (non-hydrogen) atoms. The molecule has 1 rings (SSSR count). The Bertz CT molecular complexity index is 363. The molecule has 0 aliphatic carbocycles. The predicted molar refractivity (Wildman–Crippen MR) is 58.9 cm³/mol. The van der Waals surface area contributed by atoms with Crippen molar-refractivity contribution in [3.05, 3.63) is 54.5 Å². The molecule has 0 saturated heterocycles. The van der Waals surface area contributed by atoms with Gasteiger partial charge in [0.25, 0.3) is 0 Å². The highest BCUT2D eigenvalue weighted by Gasteiger charge is 1.86. The lowest BCUT2D eigenvalue weighted by Crippen LogP contribution is -1.82. The van der Waals surface area contributed by atoms with E-state index in [2.05, 4.69) is 16.6 Å². The Morgan fingerprint density at radius 1 is 1.43 bits per heavy atom. The maximum atomic E-state index is 6.89. The van der Waals surface area contributed by atoms with E-state index < -0.39 is 0 Å². The fourth-order valence-electron chi connectivity index (χ4n) is 0.848. The lowest BCUT2D eigenvalue weighted by molar-refractivity contribution is 1.32. The monoisotopic (exact) mass is 185 g/mol. The number of nitrogens with zero attached hydrogens (tertiary/aromatic N) is 2. The van der Waals surface area contributed by atoms with Crippen molar-refractivity contribution in [3.63, 3.8) is 0 Å². The molecular formula is C11H11N3. The van der Waals surface area contributed by atoms with E-state index in [1.807, 2.05) is 12.1 Å². The van der Waals surface area contributed by atoms with Gasteiger partial charge in [-0.2, -0.15) is 0 Å². The number of aliphatic imine (C=N–C) groups is 1. The minimum absolute atomic E-state index is 0.664. The fraction of sp³-hybridized carbons (Fsp3) is 0. The second-order valence-corrected chi connectivity index (χ2v) is 2.50. The van der Waals surface area contributed by atoms with Gasteiger partial charge < -0.3 is 5.41 Å². The Hall–Kier alpha value is -2.03. The topological polar surface area (TPSA) is 49.1 Å². The van der Waals surface area contributed by atoms with Gasteiger partial charge in [-0.1, -0.05) is 6.58 Å². The first kappa shape index (κ1) is 10.1. The summed E-state index contributed by atoms with van der Waals surface area (Å²) in [5.41, 5.74) is 1.63. The van der Waals surface area contributed by atoms with Crippen molar-refractivity contribution in [3.8, 4) is 0 Å². The smallest absolute Gasteiger partial charge is 0.0639 e. The van der Waals surface area contributed by atoms with Gasteiger partial charge in [0.15, 0.2) is 0 Å². The van der Waals surface area contributed by atoms with Crippen molar-refractivity contribution in [1.29, 1.82) is 5.41 Å². The average molecular weight is 185 g/mol. The second kappa shape index (κ2) is 5.59. The van der Waals surface area contributed by atoms with Crippen LogP contribution < -0.4 is 0 Å². The van der Waals surface area contributed by atoms with Gasteiger partial charge in [-0.3, -0.25) is 9.98 Å². The van der Waals surface area contributed by atoms with Crippen LogP contribution in [-0.2, 0) is 0 Å². The van der Waals surface area contributed by atoms with E-state index in [0.717, 1.165) is 5.56 Å². The molecule has 3 nitrogen and oxygen atoms in total. The van der Waals surface area contributed by atoms with Gasteiger partial charge in [0.2, 0.25) is 0 Å². The lowest BCUT2D eigenvalue weighted by atomic mass is 10.3. The van der Waals surface area contributed by atoms with Crippen molar-refractivity contribution in [1.82, 2.24) is 4.98 Å². The minimum Gasteiger partial charge on any atom is -0.309 e. The van der Waals surface area contributed by atoms with Crippen LogP contribution in [0.3, 0.4) is 0 Å². The van der Waals surface area contributed by atoms with Crippen LogP contribution >= 0.6 is 0 Å². The summed E-state index contributed by atoms with van der Waals surface area (Å²) in [6.07, 6.45) is 9.47. The van der Waals surface area contributed by atoms with E-state index in [-0.39, 0.29) is 0 Å².